The van der Waals surface area contributed by atoms with Gasteiger partial charge in [-0.1, -0.05) is 67.2 Å². The summed E-state index contributed by atoms with van der Waals surface area (Å²) in [6.07, 6.45) is -1.51. The summed E-state index contributed by atoms with van der Waals surface area (Å²) < 4.78 is 57.6. The fraction of sp³-hybridized carbons (Fsp3) is 0.435. The van der Waals surface area contributed by atoms with E-state index in [0.717, 1.165) is 13.0 Å². The van der Waals surface area contributed by atoms with Gasteiger partial charge in [0, 0.05) is 25.6 Å². The Kier molecular flexibility index (Phi) is 11.4. The Morgan fingerprint density at radius 1 is 0.857 bits per heavy atom. The number of amides is 1. The van der Waals surface area contributed by atoms with Crippen molar-refractivity contribution in [2.75, 3.05) is 0 Å². The number of benzene rings is 2. The number of hydrogen-bond acceptors (Lipinski definition) is 2. The summed E-state index contributed by atoms with van der Waals surface area (Å²) in [4.78, 5) is 10.3. The summed E-state index contributed by atoms with van der Waals surface area (Å²) in [5.41, 5.74) is -0.953. The molecule has 0 radical (unpaired) electrons. The number of alkyl halides is 4. The first-order valence-corrected chi connectivity index (χ1v) is 12.6. The predicted octanol–water partition coefficient (Wildman–Crippen LogP) is 8.82. The molecule has 0 aliphatic rings. The van der Waals surface area contributed by atoms with Crippen LogP contribution in [0.2, 0.25) is 10.0 Å². The molecule has 0 aliphatic heterocycles. The molecule has 0 saturated heterocycles. The summed E-state index contributed by atoms with van der Waals surface area (Å²) in [5, 5.41) is 13.0. The number of nitrogens with one attached hydrogen (secondary N) is 2. The van der Waals surface area contributed by atoms with Crippen molar-refractivity contribution in [1.82, 2.24) is 10.6 Å². The van der Waals surface area contributed by atoms with Gasteiger partial charge < -0.3 is 15.7 Å². The van der Waals surface area contributed by atoms with E-state index in [1.165, 1.54) is 31.2 Å². The van der Waals surface area contributed by atoms with Gasteiger partial charge in [-0.2, -0.15) is 17.6 Å². The number of rotatable bonds is 6. The fourth-order valence-electron chi connectivity index (χ4n) is 3.00. The van der Waals surface area contributed by atoms with Crippen LogP contribution in [0.1, 0.15) is 45.7 Å². The molecule has 0 bridgehead atoms. The SMILES string of the molecule is CC(NC(=O)O)C(F)(F)c1ccc(Br)cc1Cl.CC(NC(C)(C)C)C(F)(F)c1ccc(Br)cc1Cl. The van der Waals surface area contributed by atoms with E-state index in [4.69, 9.17) is 28.3 Å². The van der Waals surface area contributed by atoms with Gasteiger partial charge in [0.2, 0.25) is 0 Å². The second-order valence-corrected chi connectivity index (χ2v) is 11.4. The second-order valence-electron chi connectivity index (χ2n) is 8.78. The van der Waals surface area contributed by atoms with Crippen LogP contribution in [0.4, 0.5) is 22.4 Å². The monoisotopic (exact) mass is 666 g/mol. The van der Waals surface area contributed by atoms with Gasteiger partial charge in [0.15, 0.2) is 0 Å². The summed E-state index contributed by atoms with van der Waals surface area (Å²) in [6, 6.07) is 5.74. The van der Waals surface area contributed by atoms with Gasteiger partial charge in [0.25, 0.3) is 11.8 Å². The third-order valence-corrected chi connectivity index (χ3v) is 6.27. The van der Waals surface area contributed by atoms with Crippen molar-refractivity contribution < 1.29 is 27.5 Å². The Hall–Kier alpha value is -1.07. The first-order chi connectivity index (χ1) is 15.8. The zero-order chi connectivity index (χ0) is 27.4. The van der Waals surface area contributed by atoms with Crippen molar-refractivity contribution in [3.63, 3.8) is 0 Å². The molecule has 0 aromatic heterocycles. The van der Waals surface area contributed by atoms with E-state index in [-0.39, 0.29) is 21.1 Å². The average Bonchev–Trinajstić information content (AvgIpc) is 2.66. The van der Waals surface area contributed by atoms with Crippen LogP contribution >= 0.6 is 55.1 Å². The standard InChI is InChI=1S/C13H17BrClF2N.C10H9BrClF2NO2/c1-8(18-12(2,3)4)13(16,17)10-6-5-9(14)7-11(10)15;1-5(15-9(16)17)10(13,14)7-3-2-6(11)4-8(7)12/h5-8,18H,1-4H3;2-5,15H,1H3,(H,16,17). The highest BCUT2D eigenvalue weighted by Crippen LogP contribution is 2.39. The van der Waals surface area contributed by atoms with Crippen LogP contribution < -0.4 is 10.6 Å². The molecule has 0 spiro atoms. The fourth-order valence-corrected chi connectivity index (χ4v) is 4.60. The van der Waals surface area contributed by atoms with Crippen molar-refractivity contribution in [2.24, 2.45) is 0 Å². The molecule has 0 fully saturated rings. The van der Waals surface area contributed by atoms with Crippen LogP contribution in [0.5, 0.6) is 0 Å². The minimum absolute atomic E-state index is 0.0666. The maximum Gasteiger partial charge on any atom is 0.405 e. The molecule has 3 N–H and O–H groups in total. The third kappa shape index (κ3) is 9.39. The molecule has 0 saturated carbocycles. The molecular formula is C23H26Br2Cl2F4N2O2. The maximum absolute atomic E-state index is 14.3. The van der Waals surface area contributed by atoms with Gasteiger partial charge in [-0.3, -0.25) is 0 Å². The molecule has 2 atom stereocenters. The summed E-state index contributed by atoms with van der Waals surface area (Å²) in [6.45, 7) is 8.09. The van der Waals surface area contributed by atoms with Crippen LogP contribution in [0.25, 0.3) is 0 Å². The number of carbonyl (C=O) groups is 1. The van der Waals surface area contributed by atoms with Crippen molar-refractivity contribution in [3.05, 3.63) is 66.5 Å². The van der Waals surface area contributed by atoms with Crippen molar-refractivity contribution in [3.8, 4) is 0 Å². The van der Waals surface area contributed by atoms with E-state index in [2.05, 4.69) is 37.2 Å². The molecule has 196 valence electrons. The Morgan fingerprint density at radius 2 is 1.23 bits per heavy atom. The highest BCUT2D eigenvalue weighted by atomic mass is 79.9. The molecule has 2 aromatic rings. The largest absolute Gasteiger partial charge is 0.465 e. The molecular weight excluding hydrogens is 643 g/mol. The van der Waals surface area contributed by atoms with Crippen LogP contribution in [0.3, 0.4) is 0 Å². The molecule has 4 nitrogen and oxygen atoms in total. The van der Waals surface area contributed by atoms with Gasteiger partial charge in [0.05, 0.1) is 22.1 Å². The van der Waals surface area contributed by atoms with E-state index in [0.29, 0.717) is 8.95 Å². The lowest BCUT2D eigenvalue weighted by molar-refractivity contribution is -0.0444. The average molecular weight is 669 g/mol. The molecule has 1 amide bonds. The Labute approximate surface area is 229 Å². The smallest absolute Gasteiger partial charge is 0.405 e. The first-order valence-electron chi connectivity index (χ1n) is 10.2. The Balaban J connectivity index is 0.000000351. The minimum Gasteiger partial charge on any atom is -0.465 e. The molecule has 35 heavy (non-hydrogen) atoms. The molecule has 12 heteroatoms. The van der Waals surface area contributed by atoms with Gasteiger partial charge in [-0.05, 0) is 58.9 Å². The van der Waals surface area contributed by atoms with E-state index >= 15 is 0 Å². The predicted molar refractivity (Wildman–Crippen MR) is 139 cm³/mol. The summed E-state index contributed by atoms with van der Waals surface area (Å²) >= 11 is 17.9. The van der Waals surface area contributed by atoms with Gasteiger partial charge in [-0.15, -0.1) is 0 Å². The van der Waals surface area contributed by atoms with E-state index in [1.54, 1.807) is 11.4 Å². The lowest BCUT2D eigenvalue weighted by Gasteiger charge is -2.32. The van der Waals surface area contributed by atoms with Crippen molar-refractivity contribution >= 4 is 61.2 Å². The highest BCUT2D eigenvalue weighted by molar-refractivity contribution is 9.10. The third-order valence-electron chi connectivity index (χ3n) is 4.66. The first kappa shape index (κ1) is 32.0. The number of carboxylic acid groups (broad SMARTS) is 1. The van der Waals surface area contributed by atoms with Crippen LogP contribution in [-0.4, -0.2) is 28.8 Å². The zero-order valence-electron chi connectivity index (χ0n) is 19.5. The van der Waals surface area contributed by atoms with Gasteiger partial charge in [-0.25, -0.2) is 4.79 Å². The molecule has 0 aliphatic carbocycles. The van der Waals surface area contributed by atoms with E-state index in [1.807, 2.05) is 20.8 Å². The van der Waals surface area contributed by atoms with Crippen molar-refractivity contribution in [2.45, 2.75) is 64.1 Å². The van der Waals surface area contributed by atoms with E-state index in [9.17, 15) is 22.4 Å². The topological polar surface area (TPSA) is 61.4 Å². The normalized spacial score (nSPS) is 14.0. The molecule has 2 aromatic carbocycles. The summed E-state index contributed by atoms with van der Waals surface area (Å²) in [7, 11) is 0. The van der Waals surface area contributed by atoms with Gasteiger partial charge in [0.1, 0.15) is 0 Å². The molecule has 0 heterocycles. The Bertz CT molecular complexity index is 1040. The maximum atomic E-state index is 14.3. The number of hydrogen-bond donors (Lipinski definition) is 3. The van der Waals surface area contributed by atoms with E-state index < -0.39 is 35.6 Å². The molecule has 2 unspecified atom stereocenters. The Morgan fingerprint density at radius 3 is 1.54 bits per heavy atom. The molecule has 2 rings (SSSR count). The van der Waals surface area contributed by atoms with Crippen LogP contribution in [-0.2, 0) is 11.8 Å². The number of halogens is 8. The van der Waals surface area contributed by atoms with Gasteiger partial charge >= 0.3 is 6.09 Å². The minimum atomic E-state index is -3.38. The lowest BCUT2D eigenvalue weighted by Crippen LogP contribution is -2.49. The van der Waals surface area contributed by atoms with Crippen LogP contribution in [0.15, 0.2) is 45.3 Å². The zero-order valence-corrected chi connectivity index (χ0v) is 24.2. The summed E-state index contributed by atoms with van der Waals surface area (Å²) in [5.74, 6) is -6.40. The quantitative estimate of drug-likeness (QED) is 0.270. The second kappa shape index (κ2) is 12.4. The highest BCUT2D eigenvalue weighted by Gasteiger charge is 2.42. The van der Waals surface area contributed by atoms with Crippen molar-refractivity contribution in [1.29, 1.82) is 0 Å². The lowest BCUT2D eigenvalue weighted by atomic mass is 9.99. The van der Waals surface area contributed by atoms with Crippen LogP contribution in [0, 0.1) is 0 Å².